The van der Waals surface area contributed by atoms with Gasteiger partial charge in [-0.3, -0.25) is 0 Å². The van der Waals surface area contributed by atoms with Crippen LogP contribution in [0, 0.1) is 11.8 Å². The van der Waals surface area contributed by atoms with Crippen LogP contribution in [0.25, 0.3) is 0 Å². The molecule has 1 rings (SSSR count). The molecule has 0 aromatic carbocycles. The van der Waals surface area contributed by atoms with Crippen LogP contribution in [0.15, 0.2) is 0 Å². The molecule has 122 valence electrons. The van der Waals surface area contributed by atoms with Crippen molar-refractivity contribution >= 4 is 12.0 Å². The van der Waals surface area contributed by atoms with Gasteiger partial charge in [0.15, 0.2) is 0 Å². The number of nitrogens with one attached hydrogen (secondary N) is 2. The van der Waals surface area contributed by atoms with Crippen molar-refractivity contribution in [1.29, 1.82) is 0 Å². The highest BCUT2D eigenvalue weighted by Gasteiger charge is 2.27. The second-order valence-corrected chi connectivity index (χ2v) is 6.33. The van der Waals surface area contributed by atoms with Gasteiger partial charge in [0.25, 0.3) is 0 Å². The maximum absolute atomic E-state index is 12.0. The van der Waals surface area contributed by atoms with Crippen molar-refractivity contribution in [2.24, 2.45) is 11.8 Å². The molecule has 1 aliphatic rings. The number of hydrogen-bond donors (Lipinski definition) is 3. The maximum Gasteiger partial charge on any atom is 0.326 e. The van der Waals surface area contributed by atoms with Crippen LogP contribution >= 0.6 is 0 Å². The molecule has 1 aliphatic carbocycles. The molecule has 2 atom stereocenters. The number of hydrogen-bond acceptors (Lipinski definition) is 2. The zero-order chi connectivity index (χ0) is 15.8. The molecule has 1 fully saturated rings. The van der Waals surface area contributed by atoms with Gasteiger partial charge in [0.2, 0.25) is 0 Å². The third-order valence-electron chi connectivity index (χ3n) is 4.64. The summed E-state index contributed by atoms with van der Waals surface area (Å²) >= 11 is 0. The van der Waals surface area contributed by atoms with E-state index in [2.05, 4.69) is 17.6 Å². The van der Waals surface area contributed by atoms with Crippen LogP contribution in [0.3, 0.4) is 0 Å². The summed E-state index contributed by atoms with van der Waals surface area (Å²) in [6.45, 7) is 5.98. The van der Waals surface area contributed by atoms with E-state index in [1.165, 1.54) is 12.8 Å². The van der Waals surface area contributed by atoms with E-state index in [9.17, 15) is 14.7 Å². The molecule has 0 unspecified atom stereocenters. The first kappa shape index (κ1) is 17.8. The number of carboxylic acid groups (broad SMARTS) is 1. The van der Waals surface area contributed by atoms with E-state index in [-0.39, 0.29) is 18.0 Å². The number of carbonyl (C=O) groups is 2. The van der Waals surface area contributed by atoms with Gasteiger partial charge in [-0.05, 0) is 37.5 Å². The van der Waals surface area contributed by atoms with Gasteiger partial charge in [0.05, 0.1) is 0 Å². The summed E-state index contributed by atoms with van der Waals surface area (Å²) in [5.41, 5.74) is 0. The minimum atomic E-state index is -0.967. The Morgan fingerprint density at radius 1 is 1.19 bits per heavy atom. The highest BCUT2D eigenvalue weighted by Crippen LogP contribution is 2.27. The molecule has 3 N–H and O–H groups in total. The topological polar surface area (TPSA) is 78.4 Å². The number of carbonyl (C=O) groups excluding carboxylic acids is 1. The minimum absolute atomic E-state index is 0.0754. The van der Waals surface area contributed by atoms with Crippen LogP contribution in [-0.2, 0) is 4.79 Å². The fraction of sp³-hybridized carbons (Fsp3) is 0.875. The van der Waals surface area contributed by atoms with Crippen molar-refractivity contribution in [3.63, 3.8) is 0 Å². The molecule has 0 bridgehead atoms. The Bertz CT molecular complexity index is 338. The Labute approximate surface area is 127 Å². The molecule has 0 aliphatic heterocycles. The summed E-state index contributed by atoms with van der Waals surface area (Å²) in [6.07, 6.45) is 7.53. The number of aliphatic carboxylic acids is 1. The summed E-state index contributed by atoms with van der Waals surface area (Å²) in [5, 5.41) is 14.7. The third-order valence-corrected chi connectivity index (χ3v) is 4.64. The van der Waals surface area contributed by atoms with Crippen LogP contribution in [0.1, 0.15) is 65.7 Å². The molecule has 5 heteroatoms. The standard InChI is InChI=1S/C16H30N2O3/c1-4-6-12-7-9-13(10-8-12)17-16(21)18-14(15(19)20)11(3)5-2/h11-14H,4-10H2,1-3H3,(H,19,20)(H2,17,18,21)/t11-,12?,13?,14-/m0/s1. The molecule has 0 aromatic heterocycles. The smallest absolute Gasteiger partial charge is 0.326 e. The molecular weight excluding hydrogens is 268 g/mol. The lowest BCUT2D eigenvalue weighted by Crippen LogP contribution is -2.51. The van der Waals surface area contributed by atoms with Crippen molar-refractivity contribution in [1.82, 2.24) is 10.6 Å². The predicted octanol–water partition coefficient (Wildman–Crippen LogP) is 3.14. The molecule has 1 saturated carbocycles. The van der Waals surface area contributed by atoms with E-state index in [0.717, 1.165) is 38.0 Å². The third kappa shape index (κ3) is 5.94. The number of carboxylic acids is 1. The summed E-state index contributed by atoms with van der Waals surface area (Å²) < 4.78 is 0. The Kier molecular flexibility index (Phi) is 7.54. The van der Waals surface area contributed by atoms with E-state index in [1.807, 2.05) is 13.8 Å². The van der Waals surface area contributed by atoms with Gasteiger partial charge in [-0.15, -0.1) is 0 Å². The van der Waals surface area contributed by atoms with Crippen molar-refractivity contribution in [2.75, 3.05) is 0 Å². The van der Waals surface area contributed by atoms with E-state index in [0.29, 0.717) is 0 Å². The highest BCUT2D eigenvalue weighted by atomic mass is 16.4. The average Bonchev–Trinajstić information content (AvgIpc) is 2.46. The van der Waals surface area contributed by atoms with Gasteiger partial charge in [0, 0.05) is 6.04 Å². The van der Waals surface area contributed by atoms with Gasteiger partial charge in [-0.1, -0.05) is 40.0 Å². The van der Waals surface area contributed by atoms with Crippen LogP contribution in [-0.4, -0.2) is 29.2 Å². The van der Waals surface area contributed by atoms with Crippen LogP contribution < -0.4 is 10.6 Å². The Morgan fingerprint density at radius 3 is 2.29 bits per heavy atom. The Hall–Kier alpha value is -1.26. The molecule has 0 heterocycles. The molecule has 0 spiro atoms. The molecule has 0 aromatic rings. The van der Waals surface area contributed by atoms with Gasteiger partial charge in [-0.2, -0.15) is 0 Å². The lowest BCUT2D eigenvalue weighted by Gasteiger charge is -2.29. The zero-order valence-electron chi connectivity index (χ0n) is 13.5. The van der Waals surface area contributed by atoms with E-state index >= 15 is 0 Å². The minimum Gasteiger partial charge on any atom is -0.480 e. The lowest BCUT2D eigenvalue weighted by atomic mass is 9.83. The van der Waals surface area contributed by atoms with E-state index in [4.69, 9.17) is 0 Å². The Morgan fingerprint density at radius 2 is 1.81 bits per heavy atom. The monoisotopic (exact) mass is 298 g/mol. The molecule has 0 saturated heterocycles. The second-order valence-electron chi connectivity index (χ2n) is 6.33. The first-order chi connectivity index (χ1) is 9.97. The largest absolute Gasteiger partial charge is 0.480 e. The number of rotatable bonds is 7. The average molecular weight is 298 g/mol. The fourth-order valence-corrected chi connectivity index (χ4v) is 3.06. The summed E-state index contributed by atoms with van der Waals surface area (Å²) in [5.74, 6) is -0.248. The molecule has 21 heavy (non-hydrogen) atoms. The number of urea groups is 1. The van der Waals surface area contributed by atoms with Gasteiger partial charge >= 0.3 is 12.0 Å². The van der Waals surface area contributed by atoms with Crippen molar-refractivity contribution in [3.8, 4) is 0 Å². The van der Waals surface area contributed by atoms with E-state index in [1.54, 1.807) is 0 Å². The first-order valence-electron chi connectivity index (χ1n) is 8.27. The Balaban J connectivity index is 2.38. The van der Waals surface area contributed by atoms with Crippen LogP contribution in [0.5, 0.6) is 0 Å². The second kappa shape index (κ2) is 8.90. The molecule has 0 radical (unpaired) electrons. The highest BCUT2D eigenvalue weighted by molar-refractivity contribution is 5.82. The SMILES string of the molecule is CCCC1CCC(NC(=O)N[C@H](C(=O)O)[C@@H](C)CC)CC1. The predicted molar refractivity (Wildman–Crippen MR) is 83.2 cm³/mol. The summed E-state index contributed by atoms with van der Waals surface area (Å²) in [4.78, 5) is 23.2. The van der Waals surface area contributed by atoms with Crippen molar-refractivity contribution in [3.05, 3.63) is 0 Å². The summed E-state index contributed by atoms with van der Waals surface area (Å²) in [7, 11) is 0. The van der Waals surface area contributed by atoms with Gasteiger partial charge in [-0.25, -0.2) is 9.59 Å². The van der Waals surface area contributed by atoms with Gasteiger partial charge < -0.3 is 15.7 Å². The van der Waals surface area contributed by atoms with E-state index < -0.39 is 12.0 Å². The summed E-state index contributed by atoms with van der Waals surface area (Å²) in [6, 6.07) is -0.974. The molecule has 2 amide bonds. The fourth-order valence-electron chi connectivity index (χ4n) is 3.06. The van der Waals surface area contributed by atoms with Crippen molar-refractivity contribution < 1.29 is 14.7 Å². The van der Waals surface area contributed by atoms with Crippen molar-refractivity contribution in [2.45, 2.75) is 77.8 Å². The molecule has 5 nitrogen and oxygen atoms in total. The van der Waals surface area contributed by atoms with Crippen LogP contribution in [0.4, 0.5) is 4.79 Å². The first-order valence-corrected chi connectivity index (χ1v) is 8.27. The lowest BCUT2D eigenvalue weighted by molar-refractivity contribution is -0.140. The molecular formula is C16H30N2O3. The quantitative estimate of drug-likeness (QED) is 0.675. The van der Waals surface area contributed by atoms with Gasteiger partial charge in [0.1, 0.15) is 6.04 Å². The van der Waals surface area contributed by atoms with Crippen LogP contribution in [0.2, 0.25) is 0 Å². The zero-order valence-corrected chi connectivity index (χ0v) is 13.5. The number of amides is 2. The normalized spacial score (nSPS) is 24.9. The maximum atomic E-state index is 12.0.